The third-order valence-corrected chi connectivity index (χ3v) is 6.16. The molecule has 0 spiro atoms. The number of sulfone groups is 1. The number of anilines is 1. The minimum atomic E-state index is -3.87. The Bertz CT molecular complexity index is 884. The first-order valence-electron chi connectivity index (χ1n) is 5.92. The SMILES string of the molecule is O=S(=O)(CCl)Nc1ccc(S(=O)(=O)c2ccccc2)cc1F. The van der Waals surface area contributed by atoms with Gasteiger partial charge in [0, 0.05) is 0 Å². The van der Waals surface area contributed by atoms with Gasteiger partial charge in [0.1, 0.15) is 11.0 Å². The molecule has 0 aromatic heterocycles. The first-order chi connectivity index (χ1) is 10.3. The van der Waals surface area contributed by atoms with Gasteiger partial charge >= 0.3 is 0 Å². The van der Waals surface area contributed by atoms with Gasteiger partial charge in [0.2, 0.25) is 19.9 Å². The van der Waals surface area contributed by atoms with Gasteiger partial charge in [-0.25, -0.2) is 21.2 Å². The highest BCUT2D eigenvalue weighted by Crippen LogP contribution is 2.25. The molecule has 0 aliphatic carbocycles. The largest absolute Gasteiger partial charge is 0.280 e. The van der Waals surface area contributed by atoms with Crippen LogP contribution in [0.3, 0.4) is 0 Å². The molecule has 0 bridgehead atoms. The zero-order valence-electron chi connectivity index (χ0n) is 11.0. The minimum Gasteiger partial charge on any atom is -0.280 e. The molecule has 0 radical (unpaired) electrons. The zero-order valence-corrected chi connectivity index (χ0v) is 13.4. The van der Waals surface area contributed by atoms with E-state index in [2.05, 4.69) is 0 Å². The highest BCUT2D eigenvalue weighted by Gasteiger charge is 2.20. The molecule has 22 heavy (non-hydrogen) atoms. The van der Waals surface area contributed by atoms with E-state index >= 15 is 0 Å². The lowest BCUT2D eigenvalue weighted by Gasteiger charge is -2.09. The first-order valence-corrected chi connectivity index (χ1v) is 9.59. The van der Waals surface area contributed by atoms with Gasteiger partial charge in [-0.05, 0) is 30.3 Å². The number of alkyl halides is 1. The number of halogens is 2. The van der Waals surface area contributed by atoms with Gasteiger partial charge in [-0.1, -0.05) is 18.2 Å². The second-order valence-corrected chi connectivity index (χ2v) is 8.54. The standard InChI is InChI=1S/C13H11ClFNO4S2/c14-9-21(17,18)16-13-7-6-11(8-12(13)15)22(19,20)10-4-2-1-3-5-10/h1-8,16H,9H2. The fourth-order valence-electron chi connectivity index (χ4n) is 1.68. The number of rotatable bonds is 5. The summed E-state index contributed by atoms with van der Waals surface area (Å²) in [5, 5.41) is -0.740. The molecule has 0 aliphatic heterocycles. The Morgan fingerprint density at radius 2 is 1.59 bits per heavy atom. The molecule has 0 saturated carbocycles. The second-order valence-electron chi connectivity index (χ2n) is 4.28. The van der Waals surface area contributed by atoms with Gasteiger partial charge in [-0.2, -0.15) is 0 Å². The van der Waals surface area contributed by atoms with Crippen molar-refractivity contribution in [1.29, 1.82) is 0 Å². The van der Waals surface area contributed by atoms with Crippen molar-refractivity contribution in [3.63, 3.8) is 0 Å². The van der Waals surface area contributed by atoms with E-state index in [1.807, 2.05) is 4.72 Å². The fourth-order valence-corrected chi connectivity index (χ4v) is 3.69. The Kier molecular flexibility index (Phi) is 4.74. The predicted molar refractivity (Wildman–Crippen MR) is 81.6 cm³/mol. The Labute approximate surface area is 132 Å². The number of hydrogen-bond acceptors (Lipinski definition) is 4. The smallest absolute Gasteiger partial charge is 0.246 e. The van der Waals surface area contributed by atoms with Crippen molar-refractivity contribution in [2.45, 2.75) is 9.79 Å². The Morgan fingerprint density at radius 1 is 0.955 bits per heavy atom. The van der Waals surface area contributed by atoms with E-state index in [4.69, 9.17) is 11.6 Å². The van der Waals surface area contributed by atoms with Crippen molar-refractivity contribution >= 4 is 37.1 Å². The maximum Gasteiger partial charge on any atom is 0.246 e. The highest BCUT2D eigenvalue weighted by molar-refractivity contribution is 7.93. The lowest BCUT2D eigenvalue weighted by Crippen LogP contribution is -2.14. The van der Waals surface area contributed by atoms with Gasteiger partial charge in [-0.3, -0.25) is 4.72 Å². The summed E-state index contributed by atoms with van der Waals surface area (Å²) in [4.78, 5) is -0.256. The average molecular weight is 364 g/mol. The Hall–Kier alpha value is -1.64. The van der Waals surface area contributed by atoms with Crippen LogP contribution >= 0.6 is 11.6 Å². The molecule has 0 atom stereocenters. The van der Waals surface area contributed by atoms with Crippen LogP contribution in [0.5, 0.6) is 0 Å². The fraction of sp³-hybridized carbons (Fsp3) is 0.0769. The van der Waals surface area contributed by atoms with E-state index in [-0.39, 0.29) is 15.5 Å². The van der Waals surface area contributed by atoms with Crippen LogP contribution in [-0.4, -0.2) is 22.0 Å². The second kappa shape index (κ2) is 6.23. The first kappa shape index (κ1) is 16.7. The molecule has 0 amide bonds. The van der Waals surface area contributed by atoms with Crippen molar-refractivity contribution in [2.24, 2.45) is 0 Å². The highest BCUT2D eigenvalue weighted by atomic mass is 35.5. The molecule has 2 rings (SSSR count). The summed E-state index contributed by atoms with van der Waals surface area (Å²) in [6.45, 7) is 0. The molecule has 2 aromatic rings. The minimum absolute atomic E-state index is 0.0171. The number of sulfonamides is 1. The van der Waals surface area contributed by atoms with E-state index in [0.717, 1.165) is 18.2 Å². The maximum atomic E-state index is 13.9. The van der Waals surface area contributed by atoms with Gasteiger partial charge in [0.15, 0.2) is 0 Å². The molecule has 0 aliphatic rings. The molecular weight excluding hydrogens is 353 g/mol. The topological polar surface area (TPSA) is 80.3 Å². The Morgan fingerprint density at radius 3 is 2.14 bits per heavy atom. The van der Waals surface area contributed by atoms with E-state index in [1.165, 1.54) is 12.1 Å². The van der Waals surface area contributed by atoms with Gasteiger partial charge < -0.3 is 0 Å². The summed E-state index contributed by atoms with van der Waals surface area (Å²) >= 11 is 5.21. The van der Waals surface area contributed by atoms with Crippen LogP contribution in [0.4, 0.5) is 10.1 Å². The summed E-state index contributed by atoms with van der Waals surface area (Å²) in [7, 11) is -7.74. The third-order valence-electron chi connectivity index (χ3n) is 2.71. The van der Waals surface area contributed by atoms with E-state index in [1.54, 1.807) is 18.2 Å². The molecule has 2 aromatic carbocycles. The van der Waals surface area contributed by atoms with Gasteiger partial charge in [-0.15, -0.1) is 11.6 Å². The van der Waals surface area contributed by atoms with Crippen LogP contribution < -0.4 is 4.72 Å². The molecule has 118 valence electrons. The maximum absolute atomic E-state index is 13.9. The summed E-state index contributed by atoms with van der Waals surface area (Å²) in [6, 6.07) is 10.4. The third kappa shape index (κ3) is 3.57. The summed E-state index contributed by atoms with van der Waals surface area (Å²) in [5.74, 6) is -1.01. The van der Waals surface area contributed by atoms with Crippen molar-refractivity contribution in [3.05, 3.63) is 54.3 Å². The molecule has 0 heterocycles. The molecule has 0 unspecified atom stereocenters. The summed E-state index contributed by atoms with van der Waals surface area (Å²) in [5.41, 5.74) is -0.368. The van der Waals surface area contributed by atoms with Crippen LogP contribution in [-0.2, 0) is 19.9 Å². The summed E-state index contributed by atoms with van der Waals surface area (Å²) < 4.78 is 63.1. The van der Waals surface area contributed by atoms with E-state index < -0.39 is 30.9 Å². The molecule has 1 N–H and O–H groups in total. The van der Waals surface area contributed by atoms with Crippen LogP contribution in [0.15, 0.2) is 58.3 Å². The van der Waals surface area contributed by atoms with Gasteiger partial charge in [0.25, 0.3) is 0 Å². The van der Waals surface area contributed by atoms with Crippen LogP contribution in [0.1, 0.15) is 0 Å². The quantitative estimate of drug-likeness (QED) is 0.828. The van der Waals surface area contributed by atoms with E-state index in [0.29, 0.717) is 0 Å². The molecule has 9 heteroatoms. The van der Waals surface area contributed by atoms with Crippen molar-refractivity contribution in [1.82, 2.24) is 0 Å². The van der Waals surface area contributed by atoms with E-state index in [9.17, 15) is 21.2 Å². The van der Waals surface area contributed by atoms with Gasteiger partial charge in [0.05, 0.1) is 15.5 Å². The van der Waals surface area contributed by atoms with Crippen molar-refractivity contribution in [3.8, 4) is 0 Å². The van der Waals surface area contributed by atoms with Crippen LogP contribution in [0.2, 0.25) is 0 Å². The molecule has 0 saturated heterocycles. The molecule has 5 nitrogen and oxygen atoms in total. The Balaban J connectivity index is 2.42. The summed E-state index contributed by atoms with van der Waals surface area (Å²) in [6.07, 6.45) is 0. The van der Waals surface area contributed by atoms with Crippen molar-refractivity contribution in [2.75, 3.05) is 9.93 Å². The van der Waals surface area contributed by atoms with Crippen molar-refractivity contribution < 1.29 is 21.2 Å². The van der Waals surface area contributed by atoms with Crippen LogP contribution in [0, 0.1) is 5.82 Å². The lowest BCUT2D eigenvalue weighted by atomic mass is 10.3. The number of nitrogens with one attached hydrogen (secondary N) is 1. The normalized spacial score (nSPS) is 12.1. The van der Waals surface area contributed by atoms with Crippen LogP contribution in [0.25, 0.3) is 0 Å². The predicted octanol–water partition coefficient (Wildman–Crippen LogP) is 2.60. The zero-order chi connectivity index (χ0) is 16.4. The monoisotopic (exact) mass is 363 g/mol. The molecular formula is C13H11ClFNO4S2. The average Bonchev–Trinajstić information content (AvgIpc) is 2.50. The number of benzene rings is 2. The number of hydrogen-bond donors (Lipinski definition) is 1. The molecule has 0 fully saturated rings. The lowest BCUT2D eigenvalue weighted by molar-refractivity contribution is 0.591.